The summed E-state index contributed by atoms with van der Waals surface area (Å²) < 4.78 is 0. The predicted octanol–water partition coefficient (Wildman–Crippen LogP) is 3.00. The van der Waals surface area contributed by atoms with Gasteiger partial charge in [-0.05, 0) is 30.7 Å². The van der Waals surface area contributed by atoms with Crippen molar-refractivity contribution in [1.82, 2.24) is 9.97 Å². The second-order valence-electron chi connectivity index (χ2n) is 5.14. The number of benzene rings is 1. The number of nitrogens with zero attached hydrogens (tertiary/aromatic N) is 1. The predicted molar refractivity (Wildman–Crippen MR) is 89.4 cm³/mol. The van der Waals surface area contributed by atoms with Crippen molar-refractivity contribution in [1.29, 1.82) is 0 Å². The molecule has 3 rings (SSSR count). The van der Waals surface area contributed by atoms with Gasteiger partial charge in [-0.1, -0.05) is 30.3 Å². The summed E-state index contributed by atoms with van der Waals surface area (Å²) in [7, 11) is 0. The first-order valence-electron chi connectivity index (χ1n) is 7.15. The molecule has 23 heavy (non-hydrogen) atoms. The van der Waals surface area contributed by atoms with E-state index < -0.39 is 0 Å². The number of amides is 1. The normalized spacial score (nSPS) is 10.3. The van der Waals surface area contributed by atoms with Crippen LogP contribution in [0.4, 0.5) is 5.69 Å². The Bertz CT molecular complexity index is 901. The van der Waals surface area contributed by atoms with Gasteiger partial charge >= 0.3 is 0 Å². The van der Waals surface area contributed by atoms with Crippen LogP contribution in [0.5, 0.6) is 0 Å². The Morgan fingerprint density at radius 1 is 1.13 bits per heavy atom. The van der Waals surface area contributed by atoms with Crippen molar-refractivity contribution in [2.24, 2.45) is 0 Å². The molecule has 2 aromatic heterocycles. The molecule has 2 heterocycles. The van der Waals surface area contributed by atoms with E-state index in [9.17, 15) is 9.59 Å². The Labute approximate surface area is 133 Å². The Morgan fingerprint density at radius 3 is 2.65 bits per heavy atom. The lowest BCUT2D eigenvalue weighted by Crippen LogP contribution is -2.16. The molecule has 5 heteroatoms. The number of anilines is 1. The van der Waals surface area contributed by atoms with Gasteiger partial charge in [0.2, 0.25) is 0 Å². The van der Waals surface area contributed by atoms with E-state index in [0.717, 1.165) is 11.3 Å². The van der Waals surface area contributed by atoms with Crippen LogP contribution in [0.2, 0.25) is 0 Å². The number of carbonyl (C=O) groups excluding carboxylic acids is 1. The monoisotopic (exact) mass is 305 g/mol. The van der Waals surface area contributed by atoms with Crippen molar-refractivity contribution in [3.05, 3.63) is 82.5 Å². The summed E-state index contributed by atoms with van der Waals surface area (Å²) in [5.41, 5.74) is 2.86. The Morgan fingerprint density at radius 2 is 1.91 bits per heavy atom. The Balaban J connectivity index is 1.92. The van der Waals surface area contributed by atoms with Crippen molar-refractivity contribution >= 4 is 11.6 Å². The number of hydrogen-bond donors (Lipinski definition) is 2. The molecule has 114 valence electrons. The largest absolute Gasteiger partial charge is 0.328 e. The van der Waals surface area contributed by atoms with Crippen LogP contribution in [0.3, 0.4) is 0 Å². The highest BCUT2D eigenvalue weighted by molar-refractivity contribution is 6.04. The fourth-order valence-electron chi connectivity index (χ4n) is 2.27. The molecule has 0 aliphatic rings. The zero-order valence-electron chi connectivity index (χ0n) is 12.5. The molecular weight excluding hydrogens is 290 g/mol. The molecule has 0 unspecified atom stereocenters. The van der Waals surface area contributed by atoms with Gasteiger partial charge in [0, 0.05) is 29.3 Å². The lowest BCUT2D eigenvalue weighted by molar-refractivity contribution is 0.102. The maximum absolute atomic E-state index is 12.4. The molecule has 5 nitrogen and oxygen atoms in total. The minimum atomic E-state index is -0.288. The van der Waals surface area contributed by atoms with E-state index in [1.165, 1.54) is 6.20 Å². The van der Waals surface area contributed by atoms with Gasteiger partial charge in [-0.15, -0.1) is 0 Å². The molecule has 0 aliphatic carbocycles. The van der Waals surface area contributed by atoms with Gasteiger partial charge in [0.15, 0.2) is 0 Å². The fraction of sp³-hybridized carbons (Fsp3) is 0.0556. The van der Waals surface area contributed by atoms with Gasteiger partial charge in [0.25, 0.3) is 11.5 Å². The molecule has 0 fully saturated rings. The van der Waals surface area contributed by atoms with Crippen molar-refractivity contribution in [3.63, 3.8) is 0 Å². The summed E-state index contributed by atoms with van der Waals surface area (Å²) in [5, 5.41) is 2.80. The first kappa shape index (κ1) is 14.7. The maximum atomic E-state index is 12.4. The molecule has 0 aliphatic heterocycles. The van der Waals surface area contributed by atoms with E-state index in [4.69, 9.17) is 0 Å². The van der Waals surface area contributed by atoms with Crippen LogP contribution in [0, 0.1) is 6.92 Å². The van der Waals surface area contributed by atoms with E-state index in [1.54, 1.807) is 24.4 Å². The number of carbonyl (C=O) groups is 1. The number of aryl methyl sites for hydroxylation is 1. The second-order valence-corrected chi connectivity index (χ2v) is 5.14. The summed E-state index contributed by atoms with van der Waals surface area (Å²) in [6.45, 7) is 1.85. The lowest BCUT2D eigenvalue weighted by atomic mass is 10.1. The zero-order chi connectivity index (χ0) is 16.2. The molecule has 0 saturated carbocycles. The van der Waals surface area contributed by atoms with Gasteiger partial charge in [0.05, 0.1) is 5.56 Å². The number of rotatable bonds is 3. The number of nitrogens with one attached hydrogen (secondary N) is 2. The minimum absolute atomic E-state index is 0.229. The lowest BCUT2D eigenvalue weighted by Gasteiger charge is -2.07. The first-order valence-corrected chi connectivity index (χ1v) is 7.15. The third kappa shape index (κ3) is 3.35. The fourth-order valence-corrected chi connectivity index (χ4v) is 2.27. The van der Waals surface area contributed by atoms with Crippen molar-refractivity contribution in [2.45, 2.75) is 6.92 Å². The first-order chi connectivity index (χ1) is 11.1. The highest BCUT2D eigenvalue weighted by Crippen LogP contribution is 2.16. The highest BCUT2D eigenvalue weighted by atomic mass is 16.1. The van der Waals surface area contributed by atoms with Crippen molar-refractivity contribution in [3.8, 4) is 11.1 Å². The van der Waals surface area contributed by atoms with E-state index in [-0.39, 0.29) is 11.5 Å². The molecular formula is C18H15N3O2. The van der Waals surface area contributed by atoms with E-state index in [1.807, 2.05) is 37.3 Å². The standard InChI is InChI=1S/C18H15N3O2/c1-12-9-15(7-8-19-12)21-17(22)14-10-16(18(23)20-11-14)13-5-3-2-4-6-13/h2-11H,1H3,(H,20,23)(H,19,21,22). The average molecular weight is 305 g/mol. The Hall–Kier alpha value is -3.21. The summed E-state index contributed by atoms with van der Waals surface area (Å²) in [4.78, 5) is 31.1. The number of hydrogen-bond acceptors (Lipinski definition) is 3. The molecule has 0 saturated heterocycles. The summed E-state index contributed by atoms with van der Waals surface area (Å²) in [6.07, 6.45) is 3.05. The number of H-pyrrole nitrogens is 1. The number of aromatic nitrogens is 2. The van der Waals surface area contributed by atoms with Crippen molar-refractivity contribution in [2.75, 3.05) is 5.32 Å². The highest BCUT2D eigenvalue weighted by Gasteiger charge is 2.10. The Kier molecular flexibility index (Phi) is 4.01. The van der Waals surface area contributed by atoms with E-state index in [0.29, 0.717) is 16.8 Å². The maximum Gasteiger partial charge on any atom is 0.257 e. The third-order valence-corrected chi connectivity index (χ3v) is 3.40. The quantitative estimate of drug-likeness (QED) is 0.781. The summed E-state index contributed by atoms with van der Waals surface area (Å²) in [6, 6.07) is 14.3. The number of pyridine rings is 2. The molecule has 3 aromatic rings. The third-order valence-electron chi connectivity index (χ3n) is 3.40. The van der Waals surface area contributed by atoms with Gasteiger partial charge in [0.1, 0.15) is 0 Å². The summed E-state index contributed by atoms with van der Waals surface area (Å²) in [5.74, 6) is -0.288. The van der Waals surface area contributed by atoms with Crippen molar-refractivity contribution < 1.29 is 4.79 Å². The molecule has 0 spiro atoms. The van der Waals surface area contributed by atoms with Crippen LogP contribution in [0.15, 0.2) is 65.7 Å². The van der Waals surface area contributed by atoms with Crippen LogP contribution < -0.4 is 10.9 Å². The SMILES string of the molecule is Cc1cc(NC(=O)c2c[nH]c(=O)c(-c3ccccc3)c2)ccn1. The van der Waals surface area contributed by atoms with Crippen LogP contribution >= 0.6 is 0 Å². The second kappa shape index (κ2) is 6.27. The molecule has 2 N–H and O–H groups in total. The average Bonchev–Trinajstić information content (AvgIpc) is 2.56. The molecule has 1 amide bonds. The van der Waals surface area contributed by atoms with Crippen LogP contribution in [0.25, 0.3) is 11.1 Å². The van der Waals surface area contributed by atoms with E-state index >= 15 is 0 Å². The molecule has 0 radical (unpaired) electrons. The molecule has 1 aromatic carbocycles. The topological polar surface area (TPSA) is 74.8 Å². The zero-order valence-corrected chi connectivity index (χ0v) is 12.5. The molecule has 0 atom stereocenters. The summed E-state index contributed by atoms with van der Waals surface area (Å²) >= 11 is 0. The van der Waals surface area contributed by atoms with Crippen LogP contribution in [-0.2, 0) is 0 Å². The van der Waals surface area contributed by atoms with E-state index in [2.05, 4.69) is 15.3 Å². The van der Waals surface area contributed by atoms with Gasteiger partial charge < -0.3 is 10.3 Å². The molecule has 0 bridgehead atoms. The van der Waals surface area contributed by atoms with Gasteiger partial charge in [-0.25, -0.2) is 0 Å². The smallest absolute Gasteiger partial charge is 0.257 e. The van der Waals surface area contributed by atoms with Crippen LogP contribution in [-0.4, -0.2) is 15.9 Å². The van der Waals surface area contributed by atoms with Gasteiger partial charge in [-0.3, -0.25) is 14.6 Å². The van der Waals surface area contributed by atoms with Gasteiger partial charge in [-0.2, -0.15) is 0 Å². The minimum Gasteiger partial charge on any atom is -0.328 e. The number of aromatic amines is 1. The van der Waals surface area contributed by atoms with Crippen LogP contribution in [0.1, 0.15) is 16.1 Å².